The number of rotatable bonds is 6. The second-order valence-electron chi connectivity index (χ2n) is 6.28. The van der Waals surface area contributed by atoms with Gasteiger partial charge in [-0.15, -0.1) is 0 Å². The molecule has 3 heterocycles. The molecule has 128 valence electrons. The number of amides is 1. The van der Waals surface area contributed by atoms with Crippen LogP contribution in [0.4, 0.5) is 5.82 Å². The summed E-state index contributed by atoms with van der Waals surface area (Å²) in [4.78, 5) is 21.0. The molecule has 1 amide bonds. The fraction of sp³-hybridized carbons (Fsp3) is 0.444. The van der Waals surface area contributed by atoms with Gasteiger partial charge in [0, 0.05) is 32.4 Å². The summed E-state index contributed by atoms with van der Waals surface area (Å²) >= 11 is 0. The van der Waals surface area contributed by atoms with Crippen molar-refractivity contribution in [3.63, 3.8) is 0 Å². The Morgan fingerprint density at radius 2 is 2.17 bits per heavy atom. The molecule has 0 radical (unpaired) electrons. The summed E-state index contributed by atoms with van der Waals surface area (Å²) in [6, 6.07) is 7.49. The lowest BCUT2D eigenvalue weighted by Gasteiger charge is -2.26. The summed E-state index contributed by atoms with van der Waals surface area (Å²) in [6.45, 7) is 2.62. The molecule has 1 aliphatic rings. The highest BCUT2D eigenvalue weighted by Gasteiger charge is 2.26. The fourth-order valence-electron chi connectivity index (χ4n) is 3.04. The van der Waals surface area contributed by atoms with Crippen LogP contribution in [0.25, 0.3) is 0 Å². The third kappa shape index (κ3) is 3.76. The molecular formula is C18H24N4O2. The zero-order valence-corrected chi connectivity index (χ0v) is 14.2. The van der Waals surface area contributed by atoms with Gasteiger partial charge < -0.3 is 14.6 Å². The normalized spacial score (nSPS) is 16.1. The van der Waals surface area contributed by atoms with Crippen LogP contribution in [0, 0.1) is 0 Å². The average molecular weight is 328 g/mol. The number of furan rings is 1. The molecule has 0 saturated carbocycles. The van der Waals surface area contributed by atoms with Gasteiger partial charge in [-0.05, 0) is 50.2 Å². The molecule has 0 unspecified atom stereocenters. The van der Waals surface area contributed by atoms with Crippen molar-refractivity contribution in [3.8, 4) is 0 Å². The van der Waals surface area contributed by atoms with Gasteiger partial charge in [-0.1, -0.05) is 0 Å². The Morgan fingerprint density at radius 3 is 2.83 bits per heavy atom. The first-order chi connectivity index (χ1) is 11.6. The van der Waals surface area contributed by atoms with Crippen molar-refractivity contribution in [3.05, 3.63) is 48.0 Å². The van der Waals surface area contributed by atoms with E-state index >= 15 is 0 Å². The molecule has 6 nitrogen and oxygen atoms in total. The summed E-state index contributed by atoms with van der Waals surface area (Å²) in [5.41, 5.74) is 0.619. The number of nitrogens with zero attached hydrogens (tertiary/aromatic N) is 3. The molecule has 2 aromatic rings. The van der Waals surface area contributed by atoms with Gasteiger partial charge in [-0.2, -0.15) is 0 Å². The number of nitrogens with one attached hydrogen (secondary N) is 1. The van der Waals surface area contributed by atoms with Gasteiger partial charge in [-0.3, -0.25) is 9.69 Å². The molecule has 1 aliphatic heterocycles. The van der Waals surface area contributed by atoms with E-state index in [0.717, 1.165) is 24.7 Å². The highest BCUT2D eigenvalue weighted by Crippen LogP contribution is 2.25. The minimum atomic E-state index is -0.0868. The molecule has 24 heavy (non-hydrogen) atoms. The van der Waals surface area contributed by atoms with E-state index < -0.39 is 0 Å². The number of carbonyl (C=O) groups is 1. The van der Waals surface area contributed by atoms with Crippen LogP contribution < -0.4 is 10.2 Å². The Morgan fingerprint density at radius 1 is 1.38 bits per heavy atom. The van der Waals surface area contributed by atoms with E-state index in [9.17, 15) is 4.79 Å². The molecule has 0 aromatic carbocycles. The van der Waals surface area contributed by atoms with Crippen LogP contribution in [0.15, 0.2) is 41.1 Å². The number of hydrogen-bond donors (Lipinski definition) is 1. The van der Waals surface area contributed by atoms with Crippen LogP contribution in [0.3, 0.4) is 0 Å². The molecule has 0 bridgehead atoms. The van der Waals surface area contributed by atoms with E-state index in [2.05, 4.69) is 15.2 Å². The summed E-state index contributed by atoms with van der Waals surface area (Å²) in [5.74, 6) is 1.59. The summed E-state index contributed by atoms with van der Waals surface area (Å²) in [5, 5.41) is 3.04. The maximum Gasteiger partial charge on any atom is 0.251 e. The largest absolute Gasteiger partial charge is 0.468 e. The first-order valence-corrected chi connectivity index (χ1v) is 8.34. The van der Waals surface area contributed by atoms with E-state index in [0.29, 0.717) is 12.1 Å². The Hall–Kier alpha value is -2.34. The van der Waals surface area contributed by atoms with Crippen molar-refractivity contribution in [1.29, 1.82) is 0 Å². The van der Waals surface area contributed by atoms with Crippen LogP contribution in [0.5, 0.6) is 0 Å². The van der Waals surface area contributed by atoms with Crippen molar-refractivity contribution >= 4 is 11.7 Å². The van der Waals surface area contributed by atoms with Crippen LogP contribution in [0.2, 0.25) is 0 Å². The molecule has 1 atom stereocenters. The second-order valence-corrected chi connectivity index (χ2v) is 6.28. The monoisotopic (exact) mass is 328 g/mol. The zero-order valence-electron chi connectivity index (χ0n) is 14.2. The third-order valence-electron chi connectivity index (χ3n) is 4.37. The predicted molar refractivity (Wildman–Crippen MR) is 93.2 cm³/mol. The lowest BCUT2D eigenvalue weighted by molar-refractivity contribution is 0.0933. The smallest absolute Gasteiger partial charge is 0.251 e. The topological polar surface area (TPSA) is 61.6 Å². The number of hydrogen-bond acceptors (Lipinski definition) is 5. The highest BCUT2D eigenvalue weighted by molar-refractivity contribution is 5.94. The Bertz CT molecular complexity index is 663. The number of aromatic nitrogens is 1. The molecular weight excluding hydrogens is 304 g/mol. The predicted octanol–water partition coefficient (Wildman–Crippen LogP) is 2.31. The molecule has 0 aliphatic carbocycles. The Labute approximate surface area is 142 Å². The average Bonchev–Trinajstić information content (AvgIpc) is 3.29. The minimum Gasteiger partial charge on any atom is -0.468 e. The van der Waals surface area contributed by atoms with Gasteiger partial charge in [0.05, 0.1) is 12.3 Å². The standard InChI is InChI=1S/C18H24N4O2/c1-21(2)17-12-14(7-8-19-17)18(23)20-13-15(16-6-5-11-24-16)22-9-3-4-10-22/h5-8,11-12,15H,3-4,9-10,13H2,1-2H3,(H,20,23)/t15-/m0/s1. The number of likely N-dealkylation sites (tertiary alicyclic amines) is 1. The first kappa shape index (κ1) is 16.5. The molecule has 2 aromatic heterocycles. The summed E-state index contributed by atoms with van der Waals surface area (Å²) in [7, 11) is 3.81. The molecule has 0 spiro atoms. The molecule has 1 saturated heterocycles. The van der Waals surface area contributed by atoms with Gasteiger partial charge in [0.15, 0.2) is 0 Å². The van der Waals surface area contributed by atoms with Gasteiger partial charge in [0.1, 0.15) is 11.6 Å². The van der Waals surface area contributed by atoms with E-state index in [4.69, 9.17) is 4.42 Å². The number of pyridine rings is 1. The minimum absolute atomic E-state index is 0.0848. The molecule has 1 fully saturated rings. The van der Waals surface area contributed by atoms with Crippen LogP contribution in [-0.4, -0.2) is 49.5 Å². The molecule has 3 rings (SSSR count). The summed E-state index contributed by atoms with van der Waals surface area (Å²) in [6.07, 6.45) is 5.74. The van der Waals surface area contributed by atoms with Gasteiger partial charge in [-0.25, -0.2) is 4.98 Å². The van der Waals surface area contributed by atoms with E-state index in [-0.39, 0.29) is 11.9 Å². The van der Waals surface area contributed by atoms with Crippen molar-refractivity contribution in [2.24, 2.45) is 0 Å². The highest BCUT2D eigenvalue weighted by atomic mass is 16.3. The van der Waals surface area contributed by atoms with E-state index in [1.54, 1.807) is 24.6 Å². The maximum absolute atomic E-state index is 12.5. The molecule has 1 N–H and O–H groups in total. The SMILES string of the molecule is CN(C)c1cc(C(=O)NC[C@@H](c2ccco2)N2CCCC2)ccn1. The Balaban J connectivity index is 1.68. The lowest BCUT2D eigenvalue weighted by Crippen LogP contribution is -2.36. The maximum atomic E-state index is 12.5. The second kappa shape index (κ2) is 7.49. The number of carbonyl (C=O) groups excluding carboxylic acids is 1. The molecule has 6 heteroatoms. The Kier molecular flexibility index (Phi) is 5.15. The van der Waals surface area contributed by atoms with Crippen LogP contribution >= 0.6 is 0 Å². The number of anilines is 1. The van der Waals surface area contributed by atoms with Gasteiger partial charge >= 0.3 is 0 Å². The lowest BCUT2D eigenvalue weighted by atomic mass is 10.1. The van der Waals surface area contributed by atoms with Gasteiger partial charge in [0.2, 0.25) is 0 Å². The quantitative estimate of drug-likeness (QED) is 0.882. The van der Waals surface area contributed by atoms with E-state index in [1.807, 2.05) is 31.1 Å². The summed E-state index contributed by atoms with van der Waals surface area (Å²) < 4.78 is 5.59. The van der Waals surface area contributed by atoms with E-state index in [1.165, 1.54) is 12.8 Å². The van der Waals surface area contributed by atoms with Crippen molar-refractivity contribution in [2.45, 2.75) is 18.9 Å². The van der Waals surface area contributed by atoms with Crippen molar-refractivity contribution < 1.29 is 9.21 Å². The van der Waals surface area contributed by atoms with Crippen LogP contribution in [-0.2, 0) is 0 Å². The van der Waals surface area contributed by atoms with Crippen molar-refractivity contribution in [1.82, 2.24) is 15.2 Å². The fourth-order valence-corrected chi connectivity index (χ4v) is 3.04. The van der Waals surface area contributed by atoms with Crippen molar-refractivity contribution in [2.75, 3.05) is 38.6 Å². The van der Waals surface area contributed by atoms with Crippen LogP contribution in [0.1, 0.15) is 35.0 Å². The zero-order chi connectivity index (χ0) is 16.9. The first-order valence-electron chi connectivity index (χ1n) is 8.34. The van der Waals surface area contributed by atoms with Gasteiger partial charge in [0.25, 0.3) is 5.91 Å². The third-order valence-corrected chi connectivity index (χ3v) is 4.37.